The molecular formula is C11H24N2O. The van der Waals surface area contributed by atoms with Crippen molar-refractivity contribution in [3.63, 3.8) is 0 Å². The largest absolute Gasteiger partial charge is 0.370 e. The maximum Gasteiger partial charge on any atom is 0.219 e. The highest BCUT2D eigenvalue weighted by Crippen LogP contribution is 2.22. The third-order valence-electron chi connectivity index (χ3n) is 2.75. The number of hydrogen-bond acceptors (Lipinski definition) is 2. The van der Waals surface area contributed by atoms with E-state index in [9.17, 15) is 4.79 Å². The molecule has 0 aliphatic carbocycles. The van der Waals surface area contributed by atoms with Crippen molar-refractivity contribution in [2.45, 2.75) is 58.4 Å². The maximum absolute atomic E-state index is 11.0. The Morgan fingerprint density at radius 1 is 1.36 bits per heavy atom. The molecule has 0 saturated carbocycles. The first-order valence-corrected chi connectivity index (χ1v) is 5.63. The standard InChI is InChI=1S/C11H24N2O/c1-4-7-8-11(5-2,13-6-3)9-10(12)14/h13H,4-9H2,1-3H3,(H2,12,14). The van der Waals surface area contributed by atoms with E-state index < -0.39 is 0 Å². The van der Waals surface area contributed by atoms with Crippen LogP contribution >= 0.6 is 0 Å². The van der Waals surface area contributed by atoms with Crippen molar-refractivity contribution in [3.8, 4) is 0 Å². The lowest BCUT2D eigenvalue weighted by molar-refractivity contribution is -0.119. The molecule has 0 aromatic heterocycles. The molecule has 1 atom stereocenters. The lowest BCUT2D eigenvalue weighted by atomic mass is 9.86. The van der Waals surface area contributed by atoms with Crippen molar-refractivity contribution in [1.82, 2.24) is 5.32 Å². The van der Waals surface area contributed by atoms with Crippen LogP contribution in [-0.2, 0) is 4.79 Å². The molecule has 0 rings (SSSR count). The number of primary amides is 1. The van der Waals surface area contributed by atoms with Crippen LogP contribution in [0.4, 0.5) is 0 Å². The second-order valence-electron chi connectivity index (χ2n) is 3.91. The molecule has 3 heteroatoms. The van der Waals surface area contributed by atoms with E-state index in [1.54, 1.807) is 0 Å². The Hall–Kier alpha value is -0.570. The maximum atomic E-state index is 11.0. The third-order valence-corrected chi connectivity index (χ3v) is 2.75. The molecular weight excluding hydrogens is 176 g/mol. The average molecular weight is 200 g/mol. The molecule has 0 saturated heterocycles. The Morgan fingerprint density at radius 2 is 2.00 bits per heavy atom. The van der Waals surface area contributed by atoms with Gasteiger partial charge in [-0.25, -0.2) is 0 Å². The van der Waals surface area contributed by atoms with Crippen LogP contribution in [0.5, 0.6) is 0 Å². The van der Waals surface area contributed by atoms with Crippen LogP contribution in [0.25, 0.3) is 0 Å². The number of rotatable bonds is 8. The molecule has 84 valence electrons. The molecule has 0 aromatic rings. The van der Waals surface area contributed by atoms with Gasteiger partial charge in [-0.3, -0.25) is 4.79 Å². The molecule has 14 heavy (non-hydrogen) atoms. The number of hydrogen-bond donors (Lipinski definition) is 2. The van der Waals surface area contributed by atoms with E-state index in [0.29, 0.717) is 6.42 Å². The van der Waals surface area contributed by atoms with Crippen molar-refractivity contribution in [2.75, 3.05) is 6.54 Å². The summed E-state index contributed by atoms with van der Waals surface area (Å²) in [6, 6.07) is 0. The van der Waals surface area contributed by atoms with Gasteiger partial charge in [0, 0.05) is 12.0 Å². The highest BCUT2D eigenvalue weighted by atomic mass is 16.1. The summed E-state index contributed by atoms with van der Waals surface area (Å²) in [5.74, 6) is -0.205. The quantitative estimate of drug-likeness (QED) is 0.628. The van der Waals surface area contributed by atoms with Gasteiger partial charge < -0.3 is 11.1 Å². The van der Waals surface area contributed by atoms with Crippen LogP contribution < -0.4 is 11.1 Å². The Morgan fingerprint density at radius 3 is 2.36 bits per heavy atom. The molecule has 0 spiro atoms. The Bertz CT molecular complexity index is 171. The van der Waals surface area contributed by atoms with Crippen molar-refractivity contribution in [2.24, 2.45) is 5.73 Å². The Balaban J connectivity index is 4.33. The summed E-state index contributed by atoms with van der Waals surface area (Å²) < 4.78 is 0. The van der Waals surface area contributed by atoms with Crippen LogP contribution in [0.1, 0.15) is 52.9 Å². The number of carbonyl (C=O) groups excluding carboxylic acids is 1. The van der Waals surface area contributed by atoms with Crippen molar-refractivity contribution in [1.29, 1.82) is 0 Å². The smallest absolute Gasteiger partial charge is 0.219 e. The summed E-state index contributed by atoms with van der Waals surface area (Å²) >= 11 is 0. The normalized spacial score (nSPS) is 15.1. The number of carbonyl (C=O) groups is 1. The minimum Gasteiger partial charge on any atom is -0.370 e. The fourth-order valence-corrected chi connectivity index (χ4v) is 1.89. The van der Waals surface area contributed by atoms with E-state index >= 15 is 0 Å². The zero-order chi connectivity index (χ0) is 11.0. The first kappa shape index (κ1) is 13.4. The molecule has 1 unspecified atom stereocenters. The lowest BCUT2D eigenvalue weighted by Gasteiger charge is -2.32. The number of amides is 1. The summed E-state index contributed by atoms with van der Waals surface area (Å²) in [4.78, 5) is 11.0. The number of nitrogens with two attached hydrogens (primary N) is 1. The summed E-state index contributed by atoms with van der Waals surface area (Å²) in [7, 11) is 0. The van der Waals surface area contributed by atoms with Crippen LogP contribution in [0.3, 0.4) is 0 Å². The predicted molar refractivity (Wildman–Crippen MR) is 60.0 cm³/mol. The van der Waals surface area contributed by atoms with Crippen LogP contribution in [-0.4, -0.2) is 18.0 Å². The molecule has 0 aliphatic heterocycles. The van der Waals surface area contributed by atoms with Crippen LogP contribution in [0.2, 0.25) is 0 Å². The van der Waals surface area contributed by atoms with Gasteiger partial charge in [0.05, 0.1) is 0 Å². The molecule has 0 aromatic carbocycles. The number of unbranched alkanes of at least 4 members (excludes halogenated alkanes) is 1. The van der Waals surface area contributed by atoms with Crippen LogP contribution in [0.15, 0.2) is 0 Å². The highest BCUT2D eigenvalue weighted by molar-refractivity contribution is 5.75. The van der Waals surface area contributed by atoms with E-state index in [2.05, 4.69) is 26.1 Å². The molecule has 3 N–H and O–H groups in total. The van der Waals surface area contributed by atoms with E-state index in [0.717, 1.165) is 32.2 Å². The summed E-state index contributed by atoms with van der Waals surface area (Å²) in [5.41, 5.74) is 5.22. The van der Waals surface area contributed by atoms with E-state index in [1.807, 2.05) is 0 Å². The van der Waals surface area contributed by atoms with Gasteiger partial charge in [-0.05, 0) is 19.4 Å². The van der Waals surface area contributed by atoms with E-state index in [4.69, 9.17) is 5.73 Å². The van der Waals surface area contributed by atoms with Gasteiger partial charge in [0.25, 0.3) is 0 Å². The van der Waals surface area contributed by atoms with Crippen molar-refractivity contribution < 1.29 is 4.79 Å². The molecule has 0 fully saturated rings. The summed E-state index contributed by atoms with van der Waals surface area (Å²) in [6.07, 6.45) is 4.76. The van der Waals surface area contributed by atoms with Gasteiger partial charge in [0.2, 0.25) is 5.91 Å². The van der Waals surface area contributed by atoms with E-state index in [1.165, 1.54) is 0 Å². The minimum absolute atomic E-state index is 0.0589. The summed E-state index contributed by atoms with van der Waals surface area (Å²) in [6.45, 7) is 7.24. The Labute approximate surface area is 87.4 Å². The summed E-state index contributed by atoms with van der Waals surface area (Å²) in [5, 5.41) is 3.41. The van der Waals surface area contributed by atoms with Crippen molar-refractivity contribution in [3.05, 3.63) is 0 Å². The first-order chi connectivity index (χ1) is 6.60. The molecule has 3 nitrogen and oxygen atoms in total. The number of nitrogens with one attached hydrogen (secondary N) is 1. The predicted octanol–water partition coefficient (Wildman–Crippen LogP) is 1.81. The second kappa shape index (κ2) is 6.82. The highest BCUT2D eigenvalue weighted by Gasteiger charge is 2.28. The molecule has 0 aliphatic rings. The van der Waals surface area contributed by atoms with Gasteiger partial charge in [-0.15, -0.1) is 0 Å². The van der Waals surface area contributed by atoms with Gasteiger partial charge >= 0.3 is 0 Å². The van der Waals surface area contributed by atoms with E-state index in [-0.39, 0.29) is 11.4 Å². The molecule has 0 radical (unpaired) electrons. The average Bonchev–Trinajstić information content (AvgIpc) is 2.14. The third kappa shape index (κ3) is 4.61. The lowest BCUT2D eigenvalue weighted by Crippen LogP contribution is -2.47. The Kier molecular flexibility index (Phi) is 6.54. The van der Waals surface area contributed by atoms with Gasteiger partial charge in [0.15, 0.2) is 0 Å². The van der Waals surface area contributed by atoms with Gasteiger partial charge in [0.1, 0.15) is 0 Å². The first-order valence-electron chi connectivity index (χ1n) is 5.63. The molecule has 1 amide bonds. The monoisotopic (exact) mass is 200 g/mol. The SMILES string of the molecule is CCCCC(CC)(CC(N)=O)NCC. The van der Waals surface area contributed by atoms with Gasteiger partial charge in [-0.2, -0.15) is 0 Å². The van der Waals surface area contributed by atoms with Crippen molar-refractivity contribution >= 4 is 5.91 Å². The zero-order valence-corrected chi connectivity index (χ0v) is 9.73. The van der Waals surface area contributed by atoms with Gasteiger partial charge in [-0.1, -0.05) is 33.6 Å². The fourth-order valence-electron chi connectivity index (χ4n) is 1.89. The molecule has 0 bridgehead atoms. The second-order valence-corrected chi connectivity index (χ2v) is 3.91. The van der Waals surface area contributed by atoms with Crippen LogP contribution in [0, 0.1) is 0 Å². The zero-order valence-electron chi connectivity index (χ0n) is 9.73. The topological polar surface area (TPSA) is 55.1 Å². The minimum atomic E-state index is -0.205. The molecule has 0 heterocycles. The fraction of sp³-hybridized carbons (Fsp3) is 0.909.